The molecule has 0 saturated carbocycles. The summed E-state index contributed by atoms with van der Waals surface area (Å²) in [7, 11) is 1.68. The average molecular weight is 236 g/mol. The number of aliphatic hydroxyl groups excluding tert-OH is 1. The van der Waals surface area contributed by atoms with Gasteiger partial charge in [-0.1, -0.05) is 6.07 Å². The molecule has 1 rings (SSSR count). The molecule has 94 valence electrons. The summed E-state index contributed by atoms with van der Waals surface area (Å²) in [6.45, 7) is 5.42. The molecule has 0 unspecified atom stereocenters. The third-order valence-electron chi connectivity index (χ3n) is 3.13. The smallest absolute Gasteiger partial charge is 0.254 e. The van der Waals surface area contributed by atoms with Crippen molar-refractivity contribution in [1.82, 2.24) is 4.90 Å². The minimum Gasteiger partial charge on any atom is -0.398 e. The van der Waals surface area contributed by atoms with Gasteiger partial charge in [0.15, 0.2) is 0 Å². The zero-order valence-corrected chi connectivity index (χ0v) is 10.8. The lowest BCUT2D eigenvalue weighted by Gasteiger charge is -2.34. The SMILES string of the molecule is Cc1ccc(C(=O)N(C)C(C)(C)CO)cc1N. The van der Waals surface area contributed by atoms with Gasteiger partial charge in [-0.2, -0.15) is 0 Å². The quantitative estimate of drug-likeness (QED) is 0.780. The molecule has 0 fully saturated rings. The van der Waals surface area contributed by atoms with Crippen LogP contribution in [0.15, 0.2) is 18.2 Å². The van der Waals surface area contributed by atoms with Crippen molar-refractivity contribution in [1.29, 1.82) is 0 Å². The van der Waals surface area contributed by atoms with Crippen LogP contribution in [-0.4, -0.2) is 35.1 Å². The molecule has 0 aromatic heterocycles. The molecule has 0 aliphatic carbocycles. The Kier molecular flexibility index (Phi) is 3.78. The third kappa shape index (κ3) is 2.77. The maximum Gasteiger partial charge on any atom is 0.254 e. The number of carbonyl (C=O) groups excluding carboxylic acids is 1. The van der Waals surface area contributed by atoms with Crippen LogP contribution in [0, 0.1) is 6.92 Å². The van der Waals surface area contributed by atoms with Crippen LogP contribution in [0.25, 0.3) is 0 Å². The highest BCUT2D eigenvalue weighted by atomic mass is 16.3. The molecule has 0 atom stereocenters. The molecule has 0 radical (unpaired) electrons. The van der Waals surface area contributed by atoms with Gasteiger partial charge in [0.05, 0.1) is 12.1 Å². The van der Waals surface area contributed by atoms with Crippen molar-refractivity contribution in [2.45, 2.75) is 26.3 Å². The fourth-order valence-corrected chi connectivity index (χ4v) is 1.35. The molecule has 0 spiro atoms. The first kappa shape index (κ1) is 13.5. The van der Waals surface area contributed by atoms with Crippen LogP contribution >= 0.6 is 0 Å². The second-order valence-corrected chi connectivity index (χ2v) is 4.91. The van der Waals surface area contributed by atoms with E-state index in [2.05, 4.69) is 0 Å². The molecular formula is C13H20N2O2. The Morgan fingerprint density at radius 2 is 2.06 bits per heavy atom. The largest absolute Gasteiger partial charge is 0.398 e. The topological polar surface area (TPSA) is 66.6 Å². The lowest BCUT2D eigenvalue weighted by molar-refractivity contribution is 0.0473. The summed E-state index contributed by atoms with van der Waals surface area (Å²) in [5.74, 6) is -0.143. The van der Waals surface area contributed by atoms with Gasteiger partial charge in [0.2, 0.25) is 0 Å². The number of nitrogens with zero attached hydrogens (tertiary/aromatic N) is 1. The number of likely N-dealkylation sites (N-methyl/N-ethyl adjacent to an activating group) is 1. The molecule has 0 aliphatic heterocycles. The van der Waals surface area contributed by atoms with Gasteiger partial charge in [-0.3, -0.25) is 4.79 Å². The summed E-state index contributed by atoms with van der Waals surface area (Å²) in [5, 5.41) is 9.24. The predicted octanol–water partition coefficient (Wildman–Crippen LogP) is 1.42. The van der Waals surface area contributed by atoms with Crippen LogP contribution < -0.4 is 5.73 Å². The first-order chi connectivity index (χ1) is 7.79. The summed E-state index contributed by atoms with van der Waals surface area (Å²) < 4.78 is 0. The maximum absolute atomic E-state index is 12.2. The lowest BCUT2D eigenvalue weighted by atomic mass is 10.0. The summed E-state index contributed by atoms with van der Waals surface area (Å²) in [6.07, 6.45) is 0. The highest BCUT2D eigenvalue weighted by Gasteiger charge is 2.27. The zero-order chi connectivity index (χ0) is 13.2. The minimum absolute atomic E-state index is 0.0867. The lowest BCUT2D eigenvalue weighted by Crippen LogP contribution is -2.47. The molecule has 0 heterocycles. The Bertz CT molecular complexity index is 427. The molecule has 0 aliphatic rings. The van der Waals surface area contributed by atoms with Crippen molar-refractivity contribution in [3.8, 4) is 0 Å². The number of nitrogens with two attached hydrogens (primary N) is 1. The van der Waals surface area contributed by atoms with Crippen molar-refractivity contribution >= 4 is 11.6 Å². The first-order valence-electron chi connectivity index (χ1n) is 5.55. The zero-order valence-electron chi connectivity index (χ0n) is 10.8. The number of hydrogen-bond acceptors (Lipinski definition) is 3. The summed E-state index contributed by atoms with van der Waals surface area (Å²) >= 11 is 0. The number of nitrogen functional groups attached to an aromatic ring is 1. The number of benzene rings is 1. The third-order valence-corrected chi connectivity index (χ3v) is 3.13. The van der Waals surface area contributed by atoms with Crippen molar-refractivity contribution in [3.05, 3.63) is 29.3 Å². The summed E-state index contributed by atoms with van der Waals surface area (Å²) in [4.78, 5) is 13.7. The Balaban J connectivity index is 3.01. The summed E-state index contributed by atoms with van der Waals surface area (Å²) in [6, 6.07) is 5.24. The predicted molar refractivity (Wildman–Crippen MR) is 68.8 cm³/mol. The normalized spacial score (nSPS) is 11.4. The maximum atomic E-state index is 12.2. The van der Waals surface area contributed by atoms with Gasteiger partial charge >= 0.3 is 0 Å². The van der Waals surface area contributed by atoms with E-state index in [9.17, 15) is 9.90 Å². The number of amides is 1. The van der Waals surface area contributed by atoms with E-state index in [4.69, 9.17) is 5.73 Å². The fraction of sp³-hybridized carbons (Fsp3) is 0.462. The van der Waals surface area contributed by atoms with E-state index in [1.165, 1.54) is 4.90 Å². The number of aryl methyl sites for hydroxylation is 1. The molecular weight excluding hydrogens is 216 g/mol. The molecule has 1 amide bonds. The molecule has 1 aromatic carbocycles. The van der Waals surface area contributed by atoms with E-state index >= 15 is 0 Å². The van der Waals surface area contributed by atoms with Gasteiger partial charge in [-0.25, -0.2) is 0 Å². The van der Waals surface area contributed by atoms with Gasteiger partial charge in [0.1, 0.15) is 0 Å². The molecule has 1 aromatic rings. The van der Waals surface area contributed by atoms with Crippen LogP contribution in [0.5, 0.6) is 0 Å². The van der Waals surface area contributed by atoms with E-state index in [0.29, 0.717) is 11.3 Å². The number of hydrogen-bond donors (Lipinski definition) is 2. The summed E-state index contributed by atoms with van der Waals surface area (Å²) in [5.41, 5.74) is 7.28. The standard InChI is InChI=1S/C13H20N2O2/c1-9-5-6-10(7-11(9)14)12(17)15(4)13(2,3)8-16/h5-7,16H,8,14H2,1-4H3. The van der Waals surface area contributed by atoms with Gasteiger partial charge < -0.3 is 15.7 Å². The van der Waals surface area contributed by atoms with Crippen molar-refractivity contribution in [2.75, 3.05) is 19.4 Å². The second kappa shape index (κ2) is 4.75. The monoisotopic (exact) mass is 236 g/mol. The number of rotatable bonds is 3. The average Bonchev–Trinajstić information content (AvgIpc) is 2.30. The number of carbonyl (C=O) groups is 1. The minimum atomic E-state index is -0.587. The highest BCUT2D eigenvalue weighted by molar-refractivity contribution is 5.95. The molecule has 4 nitrogen and oxygen atoms in total. The second-order valence-electron chi connectivity index (χ2n) is 4.91. The van der Waals surface area contributed by atoms with Gasteiger partial charge in [-0.05, 0) is 38.5 Å². The Morgan fingerprint density at radius 1 is 1.47 bits per heavy atom. The van der Waals surface area contributed by atoms with Gasteiger partial charge in [-0.15, -0.1) is 0 Å². The van der Waals surface area contributed by atoms with Crippen LogP contribution in [-0.2, 0) is 0 Å². The molecule has 0 saturated heterocycles. The fourth-order valence-electron chi connectivity index (χ4n) is 1.35. The van der Waals surface area contributed by atoms with E-state index in [-0.39, 0.29) is 12.5 Å². The molecule has 0 bridgehead atoms. The van der Waals surface area contributed by atoms with Crippen molar-refractivity contribution in [3.63, 3.8) is 0 Å². The van der Waals surface area contributed by atoms with Crippen LogP contribution in [0.4, 0.5) is 5.69 Å². The number of aliphatic hydroxyl groups is 1. The van der Waals surface area contributed by atoms with Crippen molar-refractivity contribution in [2.24, 2.45) is 0 Å². The van der Waals surface area contributed by atoms with Crippen molar-refractivity contribution < 1.29 is 9.90 Å². The molecule has 4 heteroatoms. The Morgan fingerprint density at radius 3 is 2.53 bits per heavy atom. The van der Waals surface area contributed by atoms with Crippen LogP contribution in [0.2, 0.25) is 0 Å². The van der Waals surface area contributed by atoms with E-state index < -0.39 is 5.54 Å². The molecule has 3 N–H and O–H groups in total. The first-order valence-corrected chi connectivity index (χ1v) is 5.55. The van der Waals surface area contributed by atoms with Gasteiger partial charge in [0, 0.05) is 18.3 Å². The van der Waals surface area contributed by atoms with E-state index in [1.54, 1.807) is 19.2 Å². The molecule has 17 heavy (non-hydrogen) atoms. The van der Waals surface area contributed by atoms with Crippen LogP contribution in [0.3, 0.4) is 0 Å². The number of anilines is 1. The highest BCUT2D eigenvalue weighted by Crippen LogP contribution is 2.18. The van der Waals surface area contributed by atoms with Gasteiger partial charge in [0.25, 0.3) is 5.91 Å². The van der Waals surface area contributed by atoms with E-state index in [1.807, 2.05) is 26.8 Å². The van der Waals surface area contributed by atoms with Crippen LogP contribution in [0.1, 0.15) is 29.8 Å². The van der Waals surface area contributed by atoms with E-state index in [0.717, 1.165) is 5.56 Å². The Labute approximate surface area is 102 Å². The Hall–Kier alpha value is -1.55.